The Bertz CT molecular complexity index is 1210. The lowest BCUT2D eigenvalue weighted by atomic mass is 9.79. The van der Waals surface area contributed by atoms with Crippen molar-refractivity contribution in [1.29, 1.82) is 0 Å². The molecule has 2 aromatic heterocycles. The fourth-order valence-corrected chi connectivity index (χ4v) is 6.34. The molecule has 0 unspecified atom stereocenters. The van der Waals surface area contributed by atoms with Crippen LogP contribution in [-0.4, -0.2) is 58.6 Å². The van der Waals surface area contributed by atoms with Crippen molar-refractivity contribution in [2.24, 2.45) is 5.92 Å². The Labute approximate surface area is 206 Å². The quantitative estimate of drug-likeness (QED) is 0.370. The van der Waals surface area contributed by atoms with Crippen molar-refractivity contribution in [2.75, 3.05) is 44.9 Å². The second-order valence-corrected chi connectivity index (χ2v) is 11.3. The third-order valence-electron chi connectivity index (χ3n) is 6.89. The van der Waals surface area contributed by atoms with Gasteiger partial charge in [0.15, 0.2) is 6.35 Å². The van der Waals surface area contributed by atoms with Gasteiger partial charge in [-0.05, 0) is 69.8 Å². The Morgan fingerprint density at radius 1 is 1.14 bits per heavy atom. The molecule has 1 aliphatic carbocycles. The summed E-state index contributed by atoms with van der Waals surface area (Å²) in [5.74, 6) is 1.78. The molecule has 2 N–H and O–H groups in total. The minimum atomic E-state index is -3.31. The molecule has 188 valence electrons. The van der Waals surface area contributed by atoms with E-state index in [1.54, 1.807) is 13.8 Å². The predicted molar refractivity (Wildman–Crippen MR) is 137 cm³/mol. The van der Waals surface area contributed by atoms with E-state index >= 15 is 0 Å². The Kier molecular flexibility index (Phi) is 7.12. The van der Waals surface area contributed by atoms with E-state index < -0.39 is 7.60 Å². The van der Waals surface area contributed by atoms with Gasteiger partial charge in [-0.2, -0.15) is 0 Å². The molecule has 35 heavy (non-hydrogen) atoms. The molecule has 10 heteroatoms. The largest absolute Gasteiger partial charge is 0.481 e. The molecule has 0 atom stereocenters. The van der Waals surface area contributed by atoms with Crippen LogP contribution in [0.15, 0.2) is 36.8 Å². The van der Waals surface area contributed by atoms with Crippen molar-refractivity contribution in [3.05, 3.63) is 36.8 Å². The lowest BCUT2D eigenvalue weighted by Crippen LogP contribution is -2.43. The highest BCUT2D eigenvalue weighted by Gasteiger charge is 2.34. The zero-order valence-corrected chi connectivity index (χ0v) is 21.3. The standard InChI is InChI=1S/C25H34N5O4P/c1-3-33-35(31,34-4-2)17-32-21-8-5-7-19(13-21)22-15-30(25-23(22)24(26)27-16-28-25)20-11-18(12-20)14-29-9-6-10-29/h5,7-8,13,15-16,18,20H,3-4,6,9-12,14,17H2,1-2H3,(H2,26,27,28)/t18-,20+. The molecule has 5 rings (SSSR count). The Morgan fingerprint density at radius 2 is 1.91 bits per heavy atom. The molecule has 0 amide bonds. The zero-order chi connectivity index (χ0) is 24.4. The summed E-state index contributed by atoms with van der Waals surface area (Å²) >= 11 is 0. The highest BCUT2D eigenvalue weighted by Crippen LogP contribution is 2.48. The highest BCUT2D eigenvalue weighted by molar-refractivity contribution is 7.53. The first-order valence-electron chi connectivity index (χ1n) is 12.4. The second-order valence-electron chi connectivity index (χ2n) is 9.30. The number of fused-ring (bicyclic) bond motifs is 1. The number of hydrogen-bond acceptors (Lipinski definition) is 8. The van der Waals surface area contributed by atoms with Crippen LogP contribution in [0.5, 0.6) is 5.75 Å². The van der Waals surface area contributed by atoms with E-state index in [0.717, 1.165) is 40.9 Å². The molecule has 2 aliphatic rings. The first kappa shape index (κ1) is 24.3. The van der Waals surface area contributed by atoms with Crippen LogP contribution in [-0.2, 0) is 13.6 Å². The van der Waals surface area contributed by atoms with E-state index in [-0.39, 0.29) is 6.35 Å². The number of benzene rings is 1. The summed E-state index contributed by atoms with van der Waals surface area (Å²) in [6.45, 7) is 7.83. The molecule has 0 radical (unpaired) electrons. The van der Waals surface area contributed by atoms with Crippen molar-refractivity contribution in [3.8, 4) is 16.9 Å². The number of nitrogens with zero attached hydrogens (tertiary/aromatic N) is 4. The van der Waals surface area contributed by atoms with E-state index in [1.807, 2.05) is 24.3 Å². The molecule has 1 saturated carbocycles. The normalized spacial score (nSPS) is 20.5. The van der Waals surface area contributed by atoms with Gasteiger partial charge in [0.1, 0.15) is 23.5 Å². The molecule has 1 aromatic carbocycles. The van der Waals surface area contributed by atoms with Gasteiger partial charge >= 0.3 is 7.60 Å². The van der Waals surface area contributed by atoms with Crippen molar-refractivity contribution in [1.82, 2.24) is 19.4 Å². The predicted octanol–water partition coefficient (Wildman–Crippen LogP) is 4.94. The second kappa shape index (κ2) is 10.3. The number of ether oxygens (including phenoxy) is 1. The van der Waals surface area contributed by atoms with Gasteiger partial charge in [0.2, 0.25) is 0 Å². The fraction of sp³-hybridized carbons (Fsp3) is 0.520. The van der Waals surface area contributed by atoms with Crippen LogP contribution in [0.3, 0.4) is 0 Å². The molecule has 1 aliphatic heterocycles. The fourth-order valence-electron chi connectivity index (χ4n) is 5.02. The van der Waals surface area contributed by atoms with Gasteiger partial charge in [0.25, 0.3) is 0 Å². The van der Waals surface area contributed by atoms with Gasteiger partial charge in [0.05, 0.1) is 18.6 Å². The maximum Gasteiger partial charge on any atom is 0.367 e. The number of nitrogens with two attached hydrogens (primary N) is 1. The number of anilines is 1. The van der Waals surface area contributed by atoms with Gasteiger partial charge in [0, 0.05) is 24.3 Å². The summed E-state index contributed by atoms with van der Waals surface area (Å²) in [6.07, 6.45) is 7.16. The van der Waals surface area contributed by atoms with Crippen LogP contribution in [0, 0.1) is 5.92 Å². The van der Waals surface area contributed by atoms with Crippen molar-refractivity contribution < 1.29 is 18.3 Å². The number of aromatic nitrogens is 3. The number of nitrogen functional groups attached to an aromatic ring is 1. The molecular weight excluding hydrogens is 465 g/mol. The summed E-state index contributed by atoms with van der Waals surface area (Å²) in [7, 11) is -3.31. The van der Waals surface area contributed by atoms with E-state index in [4.69, 9.17) is 19.5 Å². The highest BCUT2D eigenvalue weighted by atomic mass is 31.2. The molecule has 0 spiro atoms. The van der Waals surface area contributed by atoms with Crippen LogP contribution < -0.4 is 10.5 Å². The van der Waals surface area contributed by atoms with Crippen LogP contribution in [0.2, 0.25) is 0 Å². The number of likely N-dealkylation sites (tertiary alicyclic amines) is 1. The van der Waals surface area contributed by atoms with Gasteiger partial charge < -0.3 is 29.0 Å². The number of hydrogen-bond donors (Lipinski definition) is 1. The third-order valence-corrected chi connectivity index (χ3v) is 8.64. The molecule has 9 nitrogen and oxygen atoms in total. The molecule has 0 bridgehead atoms. The molecule has 2 fully saturated rings. The first-order chi connectivity index (χ1) is 17.0. The first-order valence-corrected chi connectivity index (χ1v) is 14.2. The Hall–Kier alpha value is -2.45. The topological polar surface area (TPSA) is 105 Å². The van der Waals surface area contributed by atoms with E-state index in [9.17, 15) is 4.57 Å². The number of rotatable bonds is 11. The van der Waals surface area contributed by atoms with Crippen molar-refractivity contribution in [2.45, 2.75) is 39.2 Å². The van der Waals surface area contributed by atoms with E-state index in [0.29, 0.717) is 30.8 Å². The molecule has 3 heterocycles. The molecule has 3 aromatic rings. The molecule has 1 saturated heterocycles. The maximum atomic E-state index is 12.8. The van der Waals surface area contributed by atoms with Gasteiger partial charge in [-0.1, -0.05) is 12.1 Å². The lowest BCUT2D eigenvalue weighted by molar-refractivity contribution is 0.0921. The minimum Gasteiger partial charge on any atom is -0.481 e. The van der Waals surface area contributed by atoms with Gasteiger partial charge in [-0.3, -0.25) is 4.57 Å². The summed E-state index contributed by atoms with van der Waals surface area (Å²) in [4.78, 5) is 11.4. The van der Waals surface area contributed by atoms with Crippen molar-refractivity contribution in [3.63, 3.8) is 0 Å². The third kappa shape index (κ3) is 5.09. The van der Waals surface area contributed by atoms with Crippen LogP contribution in [0.1, 0.15) is 39.2 Å². The van der Waals surface area contributed by atoms with E-state index in [2.05, 4.69) is 25.6 Å². The smallest absolute Gasteiger partial charge is 0.367 e. The summed E-state index contributed by atoms with van der Waals surface area (Å²) in [6, 6.07) is 8.08. The summed E-state index contributed by atoms with van der Waals surface area (Å²) in [5, 5.41) is 0.852. The van der Waals surface area contributed by atoms with Crippen LogP contribution in [0.25, 0.3) is 22.2 Å². The molecular formula is C25H34N5O4P. The average molecular weight is 500 g/mol. The summed E-state index contributed by atoms with van der Waals surface area (Å²) < 4.78 is 31.6. The minimum absolute atomic E-state index is 0.147. The van der Waals surface area contributed by atoms with E-state index in [1.165, 1.54) is 32.4 Å². The monoisotopic (exact) mass is 499 g/mol. The Morgan fingerprint density at radius 3 is 2.60 bits per heavy atom. The summed E-state index contributed by atoms with van der Waals surface area (Å²) in [5.41, 5.74) is 9.10. The van der Waals surface area contributed by atoms with Gasteiger partial charge in [-0.15, -0.1) is 0 Å². The zero-order valence-electron chi connectivity index (χ0n) is 20.4. The van der Waals surface area contributed by atoms with Crippen LogP contribution in [0.4, 0.5) is 5.82 Å². The van der Waals surface area contributed by atoms with Crippen molar-refractivity contribution >= 4 is 24.4 Å². The van der Waals surface area contributed by atoms with Gasteiger partial charge in [-0.25, -0.2) is 9.97 Å². The Balaban J connectivity index is 1.38. The van der Waals surface area contributed by atoms with Crippen LogP contribution >= 0.6 is 7.60 Å². The maximum absolute atomic E-state index is 12.8. The lowest BCUT2D eigenvalue weighted by Gasteiger charge is -2.42. The SMILES string of the molecule is CCOP(=O)(COc1cccc(-c2cn([C@H]3C[C@@H](CN4CCC4)C3)c3ncnc(N)c23)c1)OCC. The average Bonchev–Trinajstić information content (AvgIpc) is 3.17.